The molecule has 0 saturated heterocycles. The standard InChI is InChI=1S/C25H25N3O2/c1-3-28-23-16-19(17-26-18(2)29)14-15-22(23)27-24(28)25(30,20-10-6-4-7-11-20)21-12-8-5-9-13-21/h4-16,30H,3,17H2,1-2H3,(H,26,29). The number of nitrogens with one attached hydrogen (secondary N) is 1. The second kappa shape index (κ2) is 8.13. The molecule has 0 unspecified atom stereocenters. The van der Waals surface area contributed by atoms with Crippen molar-refractivity contribution in [2.24, 2.45) is 0 Å². The molecule has 0 spiro atoms. The molecule has 1 amide bonds. The Hall–Kier alpha value is -3.44. The lowest BCUT2D eigenvalue weighted by Crippen LogP contribution is -2.32. The van der Waals surface area contributed by atoms with Gasteiger partial charge in [-0.05, 0) is 35.7 Å². The Morgan fingerprint density at radius 2 is 1.60 bits per heavy atom. The summed E-state index contributed by atoms with van der Waals surface area (Å²) < 4.78 is 2.05. The van der Waals surface area contributed by atoms with Crippen molar-refractivity contribution in [1.82, 2.24) is 14.9 Å². The average Bonchev–Trinajstić information content (AvgIpc) is 3.16. The number of hydrogen-bond donors (Lipinski definition) is 2. The minimum Gasteiger partial charge on any atom is -0.373 e. The summed E-state index contributed by atoms with van der Waals surface area (Å²) >= 11 is 0. The summed E-state index contributed by atoms with van der Waals surface area (Å²) in [5, 5.41) is 15.0. The number of nitrogens with zero attached hydrogens (tertiary/aromatic N) is 2. The van der Waals surface area contributed by atoms with Crippen molar-refractivity contribution in [3.05, 3.63) is 101 Å². The molecule has 0 aliphatic carbocycles. The van der Waals surface area contributed by atoms with Gasteiger partial charge in [0.05, 0.1) is 11.0 Å². The molecule has 5 nitrogen and oxygen atoms in total. The first-order chi connectivity index (χ1) is 14.5. The largest absolute Gasteiger partial charge is 0.373 e. The molecular weight excluding hydrogens is 374 g/mol. The van der Waals surface area contributed by atoms with Crippen molar-refractivity contribution in [1.29, 1.82) is 0 Å². The quantitative estimate of drug-likeness (QED) is 0.515. The van der Waals surface area contributed by atoms with E-state index in [1.165, 1.54) is 6.92 Å². The van der Waals surface area contributed by atoms with E-state index in [0.717, 1.165) is 27.7 Å². The molecule has 0 fully saturated rings. The lowest BCUT2D eigenvalue weighted by molar-refractivity contribution is -0.119. The number of benzene rings is 3. The SMILES string of the molecule is CCn1c(C(O)(c2ccccc2)c2ccccc2)nc2ccc(CNC(C)=O)cc21. The first-order valence-corrected chi connectivity index (χ1v) is 10.1. The highest BCUT2D eigenvalue weighted by Crippen LogP contribution is 2.37. The zero-order valence-electron chi connectivity index (χ0n) is 17.2. The highest BCUT2D eigenvalue weighted by Gasteiger charge is 2.38. The van der Waals surface area contributed by atoms with Gasteiger partial charge in [0.2, 0.25) is 5.91 Å². The van der Waals surface area contributed by atoms with E-state index in [0.29, 0.717) is 18.9 Å². The topological polar surface area (TPSA) is 67.2 Å². The van der Waals surface area contributed by atoms with Crippen molar-refractivity contribution >= 4 is 16.9 Å². The fourth-order valence-electron chi connectivity index (χ4n) is 3.88. The number of aromatic nitrogens is 2. The van der Waals surface area contributed by atoms with Crippen molar-refractivity contribution in [3.63, 3.8) is 0 Å². The van der Waals surface area contributed by atoms with E-state index in [4.69, 9.17) is 4.98 Å². The van der Waals surface area contributed by atoms with E-state index >= 15 is 0 Å². The van der Waals surface area contributed by atoms with Gasteiger partial charge in [-0.15, -0.1) is 0 Å². The van der Waals surface area contributed by atoms with Gasteiger partial charge in [-0.25, -0.2) is 4.98 Å². The Kier molecular flexibility index (Phi) is 5.38. The Morgan fingerprint density at radius 1 is 1.00 bits per heavy atom. The van der Waals surface area contributed by atoms with E-state index in [9.17, 15) is 9.90 Å². The van der Waals surface area contributed by atoms with Crippen LogP contribution in [0.1, 0.15) is 36.4 Å². The molecule has 0 aliphatic rings. The zero-order valence-corrected chi connectivity index (χ0v) is 17.2. The van der Waals surface area contributed by atoms with Crippen LogP contribution in [0, 0.1) is 0 Å². The van der Waals surface area contributed by atoms with Gasteiger partial charge in [0, 0.05) is 20.0 Å². The summed E-state index contributed by atoms with van der Waals surface area (Å²) in [6.45, 7) is 4.66. The summed E-state index contributed by atoms with van der Waals surface area (Å²) in [6, 6.07) is 25.2. The van der Waals surface area contributed by atoms with Gasteiger partial charge in [0.15, 0.2) is 11.4 Å². The van der Waals surface area contributed by atoms with Crippen LogP contribution >= 0.6 is 0 Å². The van der Waals surface area contributed by atoms with Crippen LogP contribution in [0.3, 0.4) is 0 Å². The Morgan fingerprint density at radius 3 is 2.13 bits per heavy atom. The first-order valence-electron chi connectivity index (χ1n) is 10.1. The minimum absolute atomic E-state index is 0.0673. The predicted octanol–water partition coefficient (Wildman–Crippen LogP) is 3.98. The van der Waals surface area contributed by atoms with Crippen LogP contribution in [-0.4, -0.2) is 20.6 Å². The Balaban J connectivity index is 1.93. The molecule has 5 heteroatoms. The molecule has 152 valence electrons. The van der Waals surface area contributed by atoms with E-state index < -0.39 is 5.60 Å². The summed E-state index contributed by atoms with van der Waals surface area (Å²) in [5.41, 5.74) is 2.86. The number of carbonyl (C=O) groups is 1. The van der Waals surface area contributed by atoms with E-state index in [-0.39, 0.29) is 5.91 Å². The van der Waals surface area contributed by atoms with Gasteiger partial charge in [0.1, 0.15) is 0 Å². The van der Waals surface area contributed by atoms with Crippen molar-refractivity contribution in [2.75, 3.05) is 0 Å². The number of rotatable bonds is 6. The highest BCUT2D eigenvalue weighted by molar-refractivity contribution is 5.78. The Labute approximate surface area is 176 Å². The number of amides is 1. The van der Waals surface area contributed by atoms with Crippen molar-refractivity contribution in [3.8, 4) is 0 Å². The fourth-order valence-corrected chi connectivity index (χ4v) is 3.88. The predicted molar refractivity (Wildman–Crippen MR) is 118 cm³/mol. The zero-order chi connectivity index (χ0) is 21.1. The average molecular weight is 399 g/mol. The minimum atomic E-state index is -1.39. The summed E-state index contributed by atoms with van der Waals surface area (Å²) in [4.78, 5) is 16.2. The highest BCUT2D eigenvalue weighted by atomic mass is 16.3. The molecule has 0 radical (unpaired) electrons. The monoisotopic (exact) mass is 399 g/mol. The first kappa shape index (κ1) is 19.9. The van der Waals surface area contributed by atoms with E-state index in [1.54, 1.807) is 0 Å². The van der Waals surface area contributed by atoms with Gasteiger partial charge in [-0.3, -0.25) is 4.79 Å². The van der Waals surface area contributed by atoms with Gasteiger partial charge in [-0.2, -0.15) is 0 Å². The van der Waals surface area contributed by atoms with Crippen molar-refractivity contribution < 1.29 is 9.90 Å². The Bertz CT molecular complexity index is 1130. The van der Waals surface area contributed by atoms with Gasteiger partial charge >= 0.3 is 0 Å². The summed E-state index contributed by atoms with van der Waals surface area (Å²) in [5.74, 6) is 0.511. The normalized spacial score (nSPS) is 11.6. The number of imidazole rings is 1. The lowest BCUT2D eigenvalue weighted by atomic mass is 9.85. The third kappa shape index (κ3) is 3.48. The number of carbonyl (C=O) groups excluding carboxylic acids is 1. The third-order valence-electron chi connectivity index (χ3n) is 5.38. The number of aryl methyl sites for hydroxylation is 1. The number of fused-ring (bicyclic) bond motifs is 1. The molecule has 30 heavy (non-hydrogen) atoms. The van der Waals surface area contributed by atoms with Crippen LogP contribution in [-0.2, 0) is 23.5 Å². The van der Waals surface area contributed by atoms with Crippen LogP contribution in [0.5, 0.6) is 0 Å². The maximum Gasteiger partial charge on any atom is 0.217 e. The lowest BCUT2D eigenvalue weighted by Gasteiger charge is -2.29. The molecule has 2 N–H and O–H groups in total. The molecule has 1 aromatic heterocycles. The van der Waals surface area contributed by atoms with Crippen LogP contribution in [0.15, 0.2) is 78.9 Å². The molecule has 0 atom stereocenters. The molecule has 0 aliphatic heterocycles. The van der Waals surface area contributed by atoms with Crippen LogP contribution in [0.25, 0.3) is 11.0 Å². The van der Waals surface area contributed by atoms with Gasteiger partial charge in [-0.1, -0.05) is 66.7 Å². The van der Waals surface area contributed by atoms with Crippen LogP contribution < -0.4 is 5.32 Å². The molecule has 0 saturated carbocycles. The number of aliphatic hydroxyl groups is 1. The summed E-state index contributed by atoms with van der Waals surface area (Å²) in [7, 11) is 0. The molecule has 0 bridgehead atoms. The van der Waals surface area contributed by atoms with Crippen LogP contribution in [0.2, 0.25) is 0 Å². The fraction of sp³-hybridized carbons (Fsp3) is 0.200. The van der Waals surface area contributed by atoms with Crippen LogP contribution in [0.4, 0.5) is 0 Å². The molecule has 4 aromatic rings. The maximum absolute atomic E-state index is 12.1. The van der Waals surface area contributed by atoms with Gasteiger partial charge in [0.25, 0.3) is 0 Å². The smallest absolute Gasteiger partial charge is 0.217 e. The van der Waals surface area contributed by atoms with E-state index in [1.807, 2.05) is 90.4 Å². The van der Waals surface area contributed by atoms with E-state index in [2.05, 4.69) is 5.32 Å². The number of hydrogen-bond acceptors (Lipinski definition) is 3. The second-order valence-corrected chi connectivity index (χ2v) is 7.35. The molecular formula is C25H25N3O2. The van der Waals surface area contributed by atoms with Crippen molar-refractivity contribution in [2.45, 2.75) is 32.5 Å². The maximum atomic E-state index is 12.1. The summed E-state index contributed by atoms with van der Waals surface area (Å²) in [6.07, 6.45) is 0. The third-order valence-corrected chi connectivity index (χ3v) is 5.38. The van der Waals surface area contributed by atoms with Gasteiger partial charge < -0.3 is 15.0 Å². The molecule has 3 aromatic carbocycles. The molecule has 1 heterocycles. The second-order valence-electron chi connectivity index (χ2n) is 7.35. The molecule has 4 rings (SSSR count).